The maximum absolute atomic E-state index is 2.36. The summed E-state index contributed by atoms with van der Waals surface area (Å²) in [5.41, 5.74) is 38.9. The largest absolute Gasteiger partial charge is 0.316 e. The third-order valence-electron chi connectivity index (χ3n) is 28.4. The minimum atomic E-state index is 1.14. The molecule has 144 heavy (non-hydrogen) atoms. The van der Waals surface area contributed by atoms with Crippen LogP contribution >= 0.6 is 34.0 Å². The smallest absolute Gasteiger partial charge is 0.0535 e. The lowest BCUT2D eigenvalue weighted by Crippen LogP contribution is -1.92. The van der Waals surface area contributed by atoms with Crippen molar-refractivity contribution in [3.05, 3.63) is 552 Å². The number of aromatic nitrogens is 3. The van der Waals surface area contributed by atoms with Crippen LogP contribution in [0.4, 0.5) is 0 Å². The van der Waals surface area contributed by atoms with E-state index in [0.717, 1.165) is 17.1 Å². The van der Waals surface area contributed by atoms with Gasteiger partial charge in [0.2, 0.25) is 0 Å². The van der Waals surface area contributed by atoms with Gasteiger partial charge in [0.05, 0.1) is 16.6 Å². The summed E-state index contributed by atoms with van der Waals surface area (Å²) in [6.45, 7) is 0. The summed E-state index contributed by atoms with van der Waals surface area (Å²) < 4.78 is 15.0. The van der Waals surface area contributed by atoms with Crippen LogP contribution in [-0.2, 0) is 0 Å². The number of benzene rings is 22. The third kappa shape index (κ3) is 16.7. The van der Waals surface area contributed by atoms with Gasteiger partial charge in [-0.05, 0) is 243 Å². The Balaban J connectivity index is 0.000000111. The van der Waals surface area contributed by atoms with Gasteiger partial charge < -0.3 is 13.7 Å². The van der Waals surface area contributed by atoms with E-state index in [1.807, 2.05) is 34.0 Å². The monoisotopic (exact) mass is 1890 g/mol. The van der Waals surface area contributed by atoms with E-state index in [2.05, 4.69) is 566 Å². The molecule has 0 unspecified atom stereocenters. The van der Waals surface area contributed by atoms with E-state index < -0.39 is 0 Å². The van der Waals surface area contributed by atoms with E-state index in [1.165, 1.54) is 238 Å². The first-order valence-corrected chi connectivity index (χ1v) is 51.5. The van der Waals surface area contributed by atoms with Crippen LogP contribution in [0.3, 0.4) is 0 Å². The van der Waals surface area contributed by atoms with Crippen molar-refractivity contribution in [2.24, 2.45) is 0 Å². The van der Waals surface area contributed by atoms with Gasteiger partial charge >= 0.3 is 0 Å². The van der Waals surface area contributed by atoms with Gasteiger partial charge in [-0.2, -0.15) is 0 Å². The van der Waals surface area contributed by atoms with Crippen molar-refractivity contribution in [2.75, 3.05) is 0 Å². The van der Waals surface area contributed by atoms with Crippen LogP contribution in [0.15, 0.2) is 552 Å². The molecule has 6 aromatic heterocycles. The Labute approximate surface area is 848 Å². The highest BCUT2D eigenvalue weighted by Gasteiger charge is 2.22. The van der Waals surface area contributed by atoms with Crippen molar-refractivity contribution in [3.63, 3.8) is 0 Å². The van der Waals surface area contributed by atoms with Crippen LogP contribution in [0.5, 0.6) is 0 Å². The molecule has 0 saturated heterocycles. The molecule has 0 radical (unpaired) electrons. The molecule has 0 fully saturated rings. The summed E-state index contributed by atoms with van der Waals surface area (Å²) in [6, 6.07) is 194. The van der Waals surface area contributed by atoms with Gasteiger partial charge in [0.15, 0.2) is 0 Å². The molecule has 0 bridgehead atoms. The predicted octanol–water partition coefficient (Wildman–Crippen LogP) is 39.7. The first-order chi connectivity index (χ1) is 71.3. The van der Waals surface area contributed by atoms with Gasteiger partial charge in [-0.15, -0.1) is 34.0 Å². The van der Waals surface area contributed by atoms with Crippen molar-refractivity contribution in [1.82, 2.24) is 13.7 Å². The molecule has 0 N–H and O–H groups in total. The third-order valence-corrected chi connectivity index (χ3v) is 32.0. The lowest BCUT2D eigenvalue weighted by molar-refractivity contribution is 1.13. The molecule has 0 atom stereocenters. The lowest BCUT2D eigenvalue weighted by atomic mass is 9.97. The zero-order valence-corrected chi connectivity index (χ0v) is 81.1. The molecule has 0 spiro atoms. The molecule has 0 aliphatic carbocycles. The van der Waals surface area contributed by atoms with Gasteiger partial charge in [-0.3, -0.25) is 0 Å². The van der Waals surface area contributed by atoms with Gasteiger partial charge in [0.25, 0.3) is 0 Å². The molecule has 0 amide bonds. The number of thiophene rings is 3. The van der Waals surface area contributed by atoms with E-state index in [1.54, 1.807) is 0 Å². The minimum Gasteiger partial charge on any atom is -0.316 e. The van der Waals surface area contributed by atoms with Gasteiger partial charge in [0.1, 0.15) is 0 Å². The molecule has 0 aliphatic rings. The van der Waals surface area contributed by atoms with Gasteiger partial charge in [0, 0.05) is 129 Å². The molecule has 6 heterocycles. The minimum absolute atomic E-state index is 1.14. The molecule has 3 nitrogen and oxygen atoms in total. The second-order valence-corrected chi connectivity index (χ2v) is 40.2. The summed E-state index contributed by atoms with van der Waals surface area (Å²) in [6.07, 6.45) is 6.91. The second-order valence-electron chi connectivity index (χ2n) is 37.0. The first-order valence-electron chi connectivity index (χ1n) is 49.1. The topological polar surface area (TPSA) is 14.8 Å². The van der Waals surface area contributed by atoms with Crippen molar-refractivity contribution in [1.29, 1.82) is 0 Å². The Hall–Kier alpha value is -17.9. The predicted molar refractivity (Wildman–Crippen MR) is 619 cm³/mol. The Morgan fingerprint density at radius 3 is 0.646 bits per heavy atom. The lowest BCUT2D eigenvalue weighted by Gasteiger charge is -2.09. The molecule has 6 heteroatoms. The summed E-state index contributed by atoms with van der Waals surface area (Å²) >= 11 is 5.60. The van der Waals surface area contributed by atoms with Crippen LogP contribution in [0.2, 0.25) is 0 Å². The highest BCUT2D eigenvalue weighted by molar-refractivity contribution is 7.27. The molecule has 676 valence electrons. The van der Waals surface area contributed by atoms with Crippen molar-refractivity contribution in [2.45, 2.75) is 0 Å². The van der Waals surface area contributed by atoms with E-state index in [4.69, 9.17) is 0 Å². The maximum atomic E-state index is 2.36. The number of hydrogen-bond acceptors (Lipinski definition) is 3. The molecule has 0 aliphatic heterocycles. The average Bonchev–Trinajstić information content (AvgIpc) is 1.62. The van der Waals surface area contributed by atoms with E-state index in [9.17, 15) is 0 Å². The fraction of sp³-hybridized carbons (Fsp3) is 0. The standard InChI is InChI=1S/2C50H33NS.C38H25NS/c1-3-10-34(11-4-1)36-18-20-38(21-19-36)41-28-31-48-46(32-41)47(40-24-22-37(23-25-40)35-12-5-2-6-13-35)33-51(48)42-29-26-39(27-30-42)43-15-9-16-45-44-14-7-8-17-49(44)52-50(43)45;1-3-9-34(10-4-1)36-15-17-38(18-16-36)41-25-29-48-45(31-41)47(40-21-19-37(20-22-40)35-11-5-2-6-12-35)33-51(48)43-27-23-39(24-28-43)42-26-30-50-46(32-42)44-13-7-8-14-49(44)52-50;1-3-9-26(10-4-1)29-17-21-36-33(23-29)35(28-11-5-2-6-12-28)25-39(36)31-19-15-27(16-20-31)30-18-22-38-34(24-30)32-13-7-8-14-37(32)40-38/h2*1-33H;1-25H. The Kier molecular flexibility index (Phi) is 22.6. The number of nitrogens with zero attached hydrogens (tertiary/aromatic N) is 3. The number of fused-ring (bicyclic) bond motifs is 12. The van der Waals surface area contributed by atoms with E-state index in [-0.39, 0.29) is 0 Å². The Morgan fingerprint density at radius 2 is 0.319 bits per heavy atom. The molecule has 28 aromatic rings. The van der Waals surface area contributed by atoms with Crippen molar-refractivity contribution >= 4 is 127 Å². The van der Waals surface area contributed by atoms with Gasteiger partial charge in [-0.1, -0.05) is 419 Å². The molecular formula is C138H91N3S3. The van der Waals surface area contributed by atoms with Crippen LogP contribution in [0.25, 0.3) is 255 Å². The molecular weight excluding hydrogens is 1800 g/mol. The van der Waals surface area contributed by atoms with Crippen LogP contribution in [0, 0.1) is 0 Å². The highest BCUT2D eigenvalue weighted by Crippen LogP contribution is 2.47. The average molecular weight is 1890 g/mol. The first kappa shape index (κ1) is 86.5. The quantitative estimate of drug-likeness (QED) is 0.0916. The van der Waals surface area contributed by atoms with Crippen LogP contribution in [0.1, 0.15) is 0 Å². The second kappa shape index (κ2) is 37.7. The maximum Gasteiger partial charge on any atom is 0.0535 e. The van der Waals surface area contributed by atoms with Gasteiger partial charge in [-0.25, -0.2) is 0 Å². The van der Waals surface area contributed by atoms with Crippen molar-refractivity contribution in [3.8, 4) is 162 Å². The fourth-order valence-corrected chi connectivity index (χ4v) is 24.4. The zero-order chi connectivity index (χ0) is 95.3. The molecule has 22 aromatic carbocycles. The Bertz CT molecular complexity index is 9570. The van der Waals surface area contributed by atoms with Crippen LogP contribution < -0.4 is 0 Å². The van der Waals surface area contributed by atoms with Crippen molar-refractivity contribution < 1.29 is 0 Å². The fourth-order valence-electron chi connectivity index (χ4n) is 20.9. The number of hydrogen-bond donors (Lipinski definition) is 0. The molecule has 0 saturated carbocycles. The highest BCUT2D eigenvalue weighted by atomic mass is 32.1. The molecule has 28 rings (SSSR count). The summed E-state index contributed by atoms with van der Waals surface area (Å²) in [5.74, 6) is 0. The normalized spacial score (nSPS) is 11.5. The summed E-state index contributed by atoms with van der Waals surface area (Å²) in [7, 11) is 0. The zero-order valence-electron chi connectivity index (χ0n) is 78.6. The summed E-state index contributed by atoms with van der Waals surface area (Å²) in [4.78, 5) is 0. The van der Waals surface area contributed by atoms with Crippen LogP contribution in [-0.4, -0.2) is 13.7 Å². The Morgan fingerprint density at radius 1 is 0.118 bits per heavy atom. The van der Waals surface area contributed by atoms with E-state index >= 15 is 0 Å². The SMILES string of the molecule is c1ccc(-c2ccc(-c3ccc4c(c3)c(-c3ccc(-c5ccccc5)cc3)cn4-c3ccc(-c4ccc5sc6ccccc6c5c4)cc3)cc2)cc1.c1ccc(-c2ccc(-c3ccc4c(c3)c(-c3ccc(-c5ccccc5)cc3)cn4-c3ccc(-c4cccc5c4sc4ccccc45)cc3)cc2)cc1.c1ccc(-c2ccc3c(c2)c(-c2ccccc2)cn3-c2ccc(-c3ccc4sc5ccccc5c4c3)cc2)cc1. The number of rotatable bonds is 16. The summed E-state index contributed by atoms with van der Waals surface area (Å²) in [5, 5.41) is 11.7. The van der Waals surface area contributed by atoms with E-state index in [0.29, 0.717) is 0 Å².